The molecule has 2 heterocycles. The summed E-state index contributed by atoms with van der Waals surface area (Å²) in [6.07, 6.45) is 3.67. The third-order valence-corrected chi connectivity index (χ3v) is 4.39. The van der Waals surface area contributed by atoms with Crippen molar-refractivity contribution in [3.63, 3.8) is 0 Å². The molecule has 3 nitrogen and oxygen atoms in total. The fourth-order valence-electron chi connectivity index (χ4n) is 3.11. The van der Waals surface area contributed by atoms with Crippen LogP contribution in [0.25, 0.3) is 11.3 Å². The molecule has 1 fully saturated rings. The van der Waals surface area contributed by atoms with Crippen LogP contribution in [-0.4, -0.2) is 18.1 Å². The largest absolute Gasteiger partial charge is 0.413 e. The van der Waals surface area contributed by atoms with Gasteiger partial charge in [-0.25, -0.2) is 0 Å². The van der Waals surface area contributed by atoms with Gasteiger partial charge in [0.15, 0.2) is 0 Å². The molecular weight excluding hydrogens is 308 g/mol. The van der Waals surface area contributed by atoms with Gasteiger partial charge in [-0.2, -0.15) is 4.98 Å². The zero-order chi connectivity index (χ0) is 16.9. The average molecular weight is 328 g/mol. The number of piperidine rings is 1. The van der Waals surface area contributed by atoms with Crippen molar-refractivity contribution >= 4 is 5.88 Å². The van der Waals surface area contributed by atoms with E-state index in [-0.39, 0.29) is 0 Å². The highest BCUT2D eigenvalue weighted by molar-refractivity contribution is 5.72. The van der Waals surface area contributed by atoms with Gasteiger partial charge in [0, 0.05) is 24.2 Å². The summed E-state index contributed by atoms with van der Waals surface area (Å²) in [5, 5.41) is 0. The normalized spacial score (nSPS) is 14.0. The third-order valence-electron chi connectivity index (χ3n) is 4.39. The van der Waals surface area contributed by atoms with Crippen molar-refractivity contribution in [2.24, 2.45) is 0 Å². The summed E-state index contributed by atoms with van der Waals surface area (Å²) in [6, 6.07) is 20.1. The Hall–Kier alpha value is -2.99. The predicted molar refractivity (Wildman–Crippen MR) is 100 cm³/mol. The second-order valence-electron chi connectivity index (χ2n) is 6.20. The van der Waals surface area contributed by atoms with Gasteiger partial charge >= 0.3 is 0 Å². The molecule has 3 heteroatoms. The lowest BCUT2D eigenvalue weighted by molar-refractivity contribution is 0.491. The van der Waals surface area contributed by atoms with E-state index in [1.54, 1.807) is 0 Å². The fourth-order valence-corrected chi connectivity index (χ4v) is 3.11. The van der Waals surface area contributed by atoms with Gasteiger partial charge in [0.1, 0.15) is 5.69 Å². The van der Waals surface area contributed by atoms with E-state index in [1.165, 1.54) is 19.3 Å². The van der Waals surface area contributed by atoms with Crippen molar-refractivity contribution in [2.75, 3.05) is 18.0 Å². The Bertz CT molecular complexity index is 882. The molecule has 1 aliphatic heterocycles. The van der Waals surface area contributed by atoms with Gasteiger partial charge in [0.25, 0.3) is 5.89 Å². The van der Waals surface area contributed by atoms with Gasteiger partial charge in [0.05, 0.1) is 0 Å². The highest BCUT2D eigenvalue weighted by Crippen LogP contribution is 2.32. The van der Waals surface area contributed by atoms with E-state index in [0.29, 0.717) is 5.89 Å². The number of rotatable bonds is 2. The van der Waals surface area contributed by atoms with Crippen LogP contribution in [0.3, 0.4) is 0 Å². The fraction of sp³-hybridized carbons (Fsp3) is 0.227. The first-order valence-electron chi connectivity index (χ1n) is 8.78. The van der Waals surface area contributed by atoms with E-state index >= 15 is 0 Å². The monoisotopic (exact) mass is 328 g/mol. The SMILES string of the molecule is C(#Cc1nc(-c2ccccc2)c(N2CCCCC2)o1)c1ccccc1. The Morgan fingerprint density at radius 1 is 0.800 bits per heavy atom. The van der Waals surface area contributed by atoms with E-state index in [0.717, 1.165) is 35.8 Å². The lowest BCUT2D eigenvalue weighted by Gasteiger charge is -2.26. The van der Waals surface area contributed by atoms with Gasteiger partial charge in [-0.15, -0.1) is 0 Å². The Balaban J connectivity index is 1.72. The number of oxazole rings is 1. The van der Waals surface area contributed by atoms with Crippen molar-refractivity contribution < 1.29 is 4.42 Å². The maximum Gasteiger partial charge on any atom is 0.276 e. The minimum Gasteiger partial charge on any atom is -0.413 e. The zero-order valence-electron chi connectivity index (χ0n) is 14.1. The number of hydrogen-bond acceptors (Lipinski definition) is 3. The minimum absolute atomic E-state index is 0.475. The lowest BCUT2D eigenvalue weighted by Crippen LogP contribution is -2.29. The molecule has 4 rings (SSSR count). The maximum absolute atomic E-state index is 6.07. The molecule has 0 saturated carbocycles. The minimum atomic E-state index is 0.475. The van der Waals surface area contributed by atoms with Crippen LogP contribution in [0.2, 0.25) is 0 Å². The van der Waals surface area contributed by atoms with Crippen molar-refractivity contribution in [1.29, 1.82) is 0 Å². The molecule has 1 aliphatic rings. The van der Waals surface area contributed by atoms with E-state index in [1.807, 2.05) is 48.5 Å². The van der Waals surface area contributed by atoms with Crippen LogP contribution in [0.4, 0.5) is 5.88 Å². The molecule has 124 valence electrons. The van der Waals surface area contributed by atoms with Gasteiger partial charge in [-0.05, 0) is 37.3 Å². The Labute approximate surface area is 148 Å². The topological polar surface area (TPSA) is 29.3 Å². The molecule has 0 aliphatic carbocycles. The number of anilines is 1. The molecule has 0 atom stereocenters. The first-order valence-corrected chi connectivity index (χ1v) is 8.78. The summed E-state index contributed by atoms with van der Waals surface area (Å²) in [5.41, 5.74) is 2.92. The summed E-state index contributed by atoms with van der Waals surface area (Å²) >= 11 is 0. The number of benzene rings is 2. The Morgan fingerprint density at radius 3 is 2.20 bits per heavy atom. The van der Waals surface area contributed by atoms with E-state index in [2.05, 4.69) is 33.9 Å². The Kier molecular flexibility index (Phi) is 4.52. The molecule has 0 unspecified atom stereocenters. The summed E-state index contributed by atoms with van der Waals surface area (Å²) in [6.45, 7) is 2.03. The number of aromatic nitrogens is 1. The standard InChI is InChI=1S/C22H20N2O/c1-4-10-18(11-5-1)14-15-20-23-21(19-12-6-2-7-13-19)22(25-20)24-16-8-3-9-17-24/h1-2,4-7,10-13H,3,8-9,16-17H2. The molecule has 0 amide bonds. The van der Waals surface area contributed by atoms with Crippen LogP contribution >= 0.6 is 0 Å². The van der Waals surface area contributed by atoms with Crippen LogP contribution in [0, 0.1) is 11.8 Å². The third kappa shape index (κ3) is 3.59. The van der Waals surface area contributed by atoms with Crippen LogP contribution in [0.1, 0.15) is 30.7 Å². The summed E-state index contributed by atoms with van der Waals surface area (Å²) in [5.74, 6) is 7.53. The van der Waals surface area contributed by atoms with Crippen molar-refractivity contribution in [3.8, 4) is 23.1 Å². The van der Waals surface area contributed by atoms with Gasteiger partial charge in [-0.1, -0.05) is 54.5 Å². The molecule has 0 bridgehead atoms. The molecule has 3 aromatic rings. The summed E-state index contributed by atoms with van der Waals surface area (Å²) in [7, 11) is 0. The molecule has 0 N–H and O–H groups in total. The molecule has 1 aromatic heterocycles. The van der Waals surface area contributed by atoms with Crippen molar-refractivity contribution in [2.45, 2.75) is 19.3 Å². The highest BCUT2D eigenvalue weighted by atomic mass is 16.4. The molecule has 25 heavy (non-hydrogen) atoms. The van der Waals surface area contributed by atoms with Crippen LogP contribution in [0.5, 0.6) is 0 Å². The molecule has 2 aromatic carbocycles. The molecule has 0 spiro atoms. The molecular formula is C22H20N2O. The van der Waals surface area contributed by atoms with E-state index in [4.69, 9.17) is 4.42 Å². The zero-order valence-corrected chi connectivity index (χ0v) is 14.1. The number of hydrogen-bond donors (Lipinski definition) is 0. The number of nitrogens with zero attached hydrogens (tertiary/aromatic N) is 2. The first-order chi connectivity index (χ1) is 12.4. The average Bonchev–Trinajstić information content (AvgIpc) is 3.13. The molecule has 0 radical (unpaired) electrons. The second kappa shape index (κ2) is 7.27. The van der Waals surface area contributed by atoms with Crippen LogP contribution < -0.4 is 4.90 Å². The van der Waals surface area contributed by atoms with Gasteiger partial charge < -0.3 is 9.32 Å². The van der Waals surface area contributed by atoms with Crippen molar-refractivity contribution in [1.82, 2.24) is 4.98 Å². The highest BCUT2D eigenvalue weighted by Gasteiger charge is 2.21. The van der Waals surface area contributed by atoms with Gasteiger partial charge in [-0.3, -0.25) is 0 Å². The second-order valence-corrected chi connectivity index (χ2v) is 6.20. The van der Waals surface area contributed by atoms with Gasteiger partial charge in [0.2, 0.25) is 5.88 Å². The first kappa shape index (κ1) is 15.5. The summed E-state index contributed by atoms with van der Waals surface area (Å²) in [4.78, 5) is 6.99. The maximum atomic E-state index is 6.07. The Morgan fingerprint density at radius 2 is 1.48 bits per heavy atom. The predicted octanol–water partition coefficient (Wildman–Crippen LogP) is 4.73. The van der Waals surface area contributed by atoms with E-state index < -0.39 is 0 Å². The smallest absolute Gasteiger partial charge is 0.276 e. The van der Waals surface area contributed by atoms with E-state index in [9.17, 15) is 0 Å². The van der Waals surface area contributed by atoms with Crippen molar-refractivity contribution in [3.05, 3.63) is 72.1 Å². The quantitative estimate of drug-likeness (QED) is 0.637. The lowest BCUT2D eigenvalue weighted by atomic mass is 10.1. The molecule has 1 saturated heterocycles. The van der Waals surface area contributed by atoms with Crippen LogP contribution in [-0.2, 0) is 0 Å². The summed E-state index contributed by atoms with van der Waals surface area (Å²) < 4.78 is 6.07. The van der Waals surface area contributed by atoms with Crippen LogP contribution in [0.15, 0.2) is 65.1 Å².